The minimum Gasteiger partial charge on any atom is -0.493 e. The van der Waals surface area contributed by atoms with Gasteiger partial charge < -0.3 is 14.8 Å². The zero-order valence-electron chi connectivity index (χ0n) is 16.9. The van der Waals surface area contributed by atoms with E-state index in [2.05, 4.69) is 5.32 Å². The lowest BCUT2D eigenvalue weighted by molar-refractivity contribution is 0.104. The molecule has 1 N–H and O–H groups in total. The van der Waals surface area contributed by atoms with E-state index in [0.29, 0.717) is 29.3 Å². The van der Waals surface area contributed by atoms with Gasteiger partial charge in [-0.05, 0) is 36.2 Å². The van der Waals surface area contributed by atoms with Crippen LogP contribution in [0.2, 0.25) is 0 Å². The van der Waals surface area contributed by atoms with E-state index < -0.39 is 10.0 Å². The fourth-order valence-electron chi connectivity index (χ4n) is 3.17. The van der Waals surface area contributed by atoms with Gasteiger partial charge in [0.15, 0.2) is 17.3 Å². The Morgan fingerprint density at radius 1 is 1.10 bits per heavy atom. The summed E-state index contributed by atoms with van der Waals surface area (Å²) in [6, 6.07) is 9.80. The molecule has 2 aromatic carbocycles. The van der Waals surface area contributed by atoms with Gasteiger partial charge in [-0.2, -0.15) is 0 Å². The van der Waals surface area contributed by atoms with Gasteiger partial charge >= 0.3 is 0 Å². The van der Waals surface area contributed by atoms with Gasteiger partial charge in [-0.3, -0.25) is 4.79 Å². The maximum Gasteiger partial charge on any atom is 0.242 e. The van der Waals surface area contributed by atoms with Gasteiger partial charge in [-0.15, -0.1) is 0 Å². The Hall–Kier alpha value is -2.84. The number of sulfonamides is 1. The molecule has 3 rings (SSSR count). The Bertz CT molecular complexity index is 1070. The summed E-state index contributed by atoms with van der Waals surface area (Å²) in [5.41, 5.74) is 2.87. The number of carbonyl (C=O) groups excluding carboxylic acids is 1. The average Bonchev–Trinajstić information content (AvgIpc) is 2.72. The van der Waals surface area contributed by atoms with Gasteiger partial charge in [-0.25, -0.2) is 12.7 Å². The Balaban J connectivity index is 2.00. The molecule has 0 spiro atoms. The number of fused-ring (bicyclic) bond motifs is 1. The van der Waals surface area contributed by atoms with Crippen molar-refractivity contribution in [1.82, 2.24) is 9.62 Å². The normalized spacial score (nSPS) is 15.0. The summed E-state index contributed by atoms with van der Waals surface area (Å²) in [6.07, 6.45) is 2.28. The lowest BCUT2D eigenvalue weighted by Gasteiger charge is -2.23. The second kappa shape index (κ2) is 8.26. The topological polar surface area (TPSA) is 84.9 Å². The number of nitrogens with one attached hydrogen (secondary N) is 1. The highest BCUT2D eigenvalue weighted by Crippen LogP contribution is 2.35. The minimum absolute atomic E-state index is 0.0789. The number of allylic oxidation sites excluding steroid dienone is 1. The Kier molecular flexibility index (Phi) is 5.95. The van der Waals surface area contributed by atoms with E-state index >= 15 is 0 Å². The van der Waals surface area contributed by atoms with Gasteiger partial charge in [0, 0.05) is 43.5 Å². The van der Waals surface area contributed by atoms with Gasteiger partial charge in [0.1, 0.15) is 0 Å². The number of methoxy groups -OCH3 is 2. The lowest BCUT2D eigenvalue weighted by Crippen LogP contribution is -2.24. The average molecular weight is 416 g/mol. The summed E-state index contributed by atoms with van der Waals surface area (Å²) in [7, 11) is 2.44. The van der Waals surface area contributed by atoms with E-state index in [4.69, 9.17) is 9.47 Å². The first-order valence-electron chi connectivity index (χ1n) is 9.05. The van der Waals surface area contributed by atoms with Crippen molar-refractivity contribution < 1.29 is 22.7 Å². The van der Waals surface area contributed by atoms with Gasteiger partial charge in [0.25, 0.3) is 0 Å². The molecular formula is C21H24N2O5S. The summed E-state index contributed by atoms with van der Waals surface area (Å²) < 4.78 is 36.6. The molecule has 0 aromatic heterocycles. The molecule has 0 aliphatic carbocycles. The van der Waals surface area contributed by atoms with Crippen LogP contribution in [0.3, 0.4) is 0 Å². The predicted octanol–water partition coefficient (Wildman–Crippen LogP) is 2.32. The van der Waals surface area contributed by atoms with Crippen molar-refractivity contribution in [2.75, 3.05) is 34.9 Å². The molecule has 0 saturated carbocycles. The van der Waals surface area contributed by atoms with E-state index in [0.717, 1.165) is 21.9 Å². The Morgan fingerprint density at radius 2 is 1.79 bits per heavy atom. The molecule has 0 saturated heterocycles. The SMILES string of the molecule is COc1cc2c(cc1OC)/C(=C/C(=O)c1cccc(S(=O)(=O)N(C)C)c1)NCC2. The third-order valence-corrected chi connectivity index (χ3v) is 6.59. The standard InChI is InChI=1S/C21H24N2O5S/c1-23(2)29(25,26)16-7-5-6-15(10-16)19(24)13-18-17-12-21(28-4)20(27-3)11-14(17)8-9-22-18/h5-7,10-13,22H,8-9H2,1-4H3/b18-13-. The van der Waals surface area contributed by atoms with E-state index in [1.165, 1.54) is 32.3 Å². The molecule has 0 atom stereocenters. The van der Waals surface area contributed by atoms with Crippen LogP contribution in [0.25, 0.3) is 5.70 Å². The Labute approximate surface area is 171 Å². The second-order valence-electron chi connectivity index (χ2n) is 6.78. The largest absolute Gasteiger partial charge is 0.493 e. The Morgan fingerprint density at radius 3 is 2.45 bits per heavy atom. The van der Waals surface area contributed by atoms with Crippen LogP contribution in [0.15, 0.2) is 47.4 Å². The van der Waals surface area contributed by atoms with Crippen molar-refractivity contribution in [3.8, 4) is 11.5 Å². The number of ketones is 1. The molecule has 0 bridgehead atoms. The predicted molar refractivity (Wildman–Crippen MR) is 111 cm³/mol. The number of hydrogen-bond donors (Lipinski definition) is 1. The highest BCUT2D eigenvalue weighted by atomic mass is 32.2. The molecule has 7 nitrogen and oxygen atoms in total. The summed E-state index contributed by atoms with van der Waals surface area (Å²) in [4.78, 5) is 12.9. The van der Waals surface area contributed by atoms with Crippen molar-refractivity contribution in [3.05, 3.63) is 59.2 Å². The molecule has 1 heterocycles. The fourth-order valence-corrected chi connectivity index (χ4v) is 4.12. The zero-order valence-corrected chi connectivity index (χ0v) is 17.7. The van der Waals surface area contributed by atoms with Crippen LogP contribution >= 0.6 is 0 Å². The molecule has 0 fully saturated rings. The molecule has 0 amide bonds. The van der Waals surface area contributed by atoms with Crippen LogP contribution in [0.4, 0.5) is 0 Å². The molecule has 1 aliphatic rings. The van der Waals surface area contributed by atoms with Crippen molar-refractivity contribution in [2.45, 2.75) is 11.3 Å². The first kappa shape index (κ1) is 20.9. The molecular weight excluding hydrogens is 392 g/mol. The van der Waals surface area contributed by atoms with Gasteiger partial charge in [0.2, 0.25) is 10.0 Å². The van der Waals surface area contributed by atoms with Crippen LogP contribution < -0.4 is 14.8 Å². The maximum atomic E-state index is 12.9. The first-order chi connectivity index (χ1) is 13.8. The second-order valence-corrected chi connectivity index (χ2v) is 8.93. The zero-order chi connectivity index (χ0) is 21.2. The summed E-state index contributed by atoms with van der Waals surface area (Å²) in [5, 5.41) is 3.25. The van der Waals surface area contributed by atoms with E-state index in [1.807, 2.05) is 12.1 Å². The highest BCUT2D eigenvalue weighted by molar-refractivity contribution is 7.89. The fraction of sp³-hybridized carbons (Fsp3) is 0.286. The summed E-state index contributed by atoms with van der Waals surface area (Å²) in [6.45, 7) is 0.677. The maximum absolute atomic E-state index is 12.9. The van der Waals surface area contributed by atoms with Crippen LogP contribution in [-0.2, 0) is 16.4 Å². The van der Waals surface area contributed by atoms with E-state index in [-0.39, 0.29) is 10.7 Å². The third-order valence-electron chi connectivity index (χ3n) is 4.78. The van der Waals surface area contributed by atoms with Crippen LogP contribution in [-0.4, -0.2) is 53.4 Å². The van der Waals surface area contributed by atoms with Gasteiger partial charge in [0.05, 0.1) is 19.1 Å². The number of ether oxygens (including phenoxy) is 2. The molecule has 29 heavy (non-hydrogen) atoms. The number of rotatable bonds is 6. The smallest absolute Gasteiger partial charge is 0.242 e. The van der Waals surface area contributed by atoms with Crippen LogP contribution in [0.5, 0.6) is 11.5 Å². The number of hydrogen-bond acceptors (Lipinski definition) is 6. The molecule has 0 unspecified atom stereocenters. The number of benzene rings is 2. The molecule has 0 radical (unpaired) electrons. The molecule has 2 aromatic rings. The number of nitrogens with zero attached hydrogens (tertiary/aromatic N) is 1. The van der Waals surface area contributed by atoms with Crippen molar-refractivity contribution in [2.24, 2.45) is 0 Å². The van der Waals surface area contributed by atoms with Crippen molar-refractivity contribution in [3.63, 3.8) is 0 Å². The van der Waals surface area contributed by atoms with Crippen molar-refractivity contribution in [1.29, 1.82) is 0 Å². The van der Waals surface area contributed by atoms with Crippen LogP contribution in [0, 0.1) is 0 Å². The van der Waals surface area contributed by atoms with Crippen LogP contribution in [0.1, 0.15) is 21.5 Å². The summed E-state index contributed by atoms with van der Waals surface area (Å²) >= 11 is 0. The van der Waals surface area contributed by atoms with E-state index in [1.54, 1.807) is 26.4 Å². The number of carbonyl (C=O) groups is 1. The quantitative estimate of drug-likeness (QED) is 0.575. The third kappa shape index (κ3) is 4.13. The highest BCUT2D eigenvalue weighted by Gasteiger charge is 2.21. The van der Waals surface area contributed by atoms with E-state index in [9.17, 15) is 13.2 Å². The van der Waals surface area contributed by atoms with Gasteiger partial charge in [-0.1, -0.05) is 12.1 Å². The lowest BCUT2D eigenvalue weighted by atomic mass is 9.95. The molecule has 1 aliphatic heterocycles. The molecule has 8 heteroatoms. The monoisotopic (exact) mass is 416 g/mol. The summed E-state index contributed by atoms with van der Waals surface area (Å²) in [5.74, 6) is 0.929. The first-order valence-corrected chi connectivity index (χ1v) is 10.5. The minimum atomic E-state index is -3.62. The molecule has 154 valence electrons. The van der Waals surface area contributed by atoms with Crippen molar-refractivity contribution >= 4 is 21.5 Å².